The first-order valence-corrected chi connectivity index (χ1v) is 9.71. The van der Waals surface area contributed by atoms with Crippen LogP contribution in [0.1, 0.15) is 46.5 Å². The summed E-state index contributed by atoms with van der Waals surface area (Å²) >= 11 is 0. The van der Waals surface area contributed by atoms with E-state index in [-0.39, 0.29) is 6.10 Å². The molecule has 1 aliphatic rings. The summed E-state index contributed by atoms with van der Waals surface area (Å²) in [7, 11) is -3.11. The van der Waals surface area contributed by atoms with Crippen molar-refractivity contribution in [3.05, 3.63) is 0 Å². The van der Waals surface area contributed by atoms with E-state index in [4.69, 9.17) is 4.74 Å². The van der Waals surface area contributed by atoms with E-state index < -0.39 is 20.7 Å². The summed E-state index contributed by atoms with van der Waals surface area (Å²) in [5.41, 5.74) is 0. The van der Waals surface area contributed by atoms with E-state index >= 15 is 0 Å². The lowest BCUT2D eigenvalue weighted by Gasteiger charge is -2.28. The molecule has 6 heteroatoms. The summed E-state index contributed by atoms with van der Waals surface area (Å²) in [5, 5.41) is 12.9. The number of ether oxygens (including phenoxy) is 1. The molecule has 0 aromatic rings. The largest absolute Gasteiger partial charge is 0.389 e. The quantitative estimate of drug-likeness (QED) is 0.706. The Morgan fingerprint density at radius 1 is 1.38 bits per heavy atom. The maximum absolute atomic E-state index is 11.6. The maximum Gasteiger partial charge on any atom is 0.153 e. The van der Waals surface area contributed by atoms with E-state index in [9.17, 15) is 13.5 Å². The average molecular weight is 321 g/mol. The van der Waals surface area contributed by atoms with Crippen LogP contribution in [0.2, 0.25) is 0 Å². The minimum atomic E-state index is -3.11. The zero-order valence-electron chi connectivity index (χ0n) is 13.8. The van der Waals surface area contributed by atoms with Gasteiger partial charge >= 0.3 is 0 Å². The van der Waals surface area contributed by atoms with E-state index in [2.05, 4.69) is 12.2 Å². The summed E-state index contributed by atoms with van der Waals surface area (Å²) in [5.74, 6) is 0.703. The number of nitrogens with one attached hydrogen (secondary N) is 1. The van der Waals surface area contributed by atoms with Gasteiger partial charge in [0.05, 0.1) is 23.6 Å². The third-order valence-electron chi connectivity index (χ3n) is 4.35. The second-order valence-electron chi connectivity index (χ2n) is 7.04. The minimum absolute atomic E-state index is 0.260. The molecule has 0 saturated heterocycles. The third-order valence-corrected chi connectivity index (χ3v) is 6.50. The van der Waals surface area contributed by atoms with Gasteiger partial charge in [0.15, 0.2) is 9.84 Å². The van der Waals surface area contributed by atoms with Gasteiger partial charge in [0, 0.05) is 19.3 Å². The van der Waals surface area contributed by atoms with Crippen molar-refractivity contribution in [2.75, 3.05) is 26.0 Å². The van der Waals surface area contributed by atoms with Gasteiger partial charge in [-0.3, -0.25) is 0 Å². The smallest absolute Gasteiger partial charge is 0.153 e. The van der Waals surface area contributed by atoms with Crippen molar-refractivity contribution in [3.8, 4) is 0 Å². The molecule has 1 aliphatic carbocycles. The highest BCUT2D eigenvalue weighted by Gasteiger charge is 2.29. The molecule has 1 rings (SSSR count). The van der Waals surface area contributed by atoms with E-state index in [1.54, 1.807) is 13.8 Å². The number of aliphatic hydroxyl groups is 1. The molecule has 0 aliphatic heterocycles. The van der Waals surface area contributed by atoms with Gasteiger partial charge in [0.2, 0.25) is 0 Å². The zero-order valence-corrected chi connectivity index (χ0v) is 14.6. The molecule has 1 fully saturated rings. The van der Waals surface area contributed by atoms with Crippen LogP contribution >= 0.6 is 0 Å². The van der Waals surface area contributed by atoms with Gasteiger partial charge in [-0.25, -0.2) is 8.42 Å². The number of hydrogen-bond donors (Lipinski definition) is 2. The normalized spacial score (nSPS) is 25.8. The maximum atomic E-state index is 11.6. The summed E-state index contributed by atoms with van der Waals surface area (Å²) < 4.78 is 28.1. The van der Waals surface area contributed by atoms with Crippen LogP contribution in [-0.2, 0) is 14.6 Å². The van der Waals surface area contributed by atoms with Crippen LogP contribution < -0.4 is 5.32 Å². The molecular weight excluding hydrogens is 290 g/mol. The number of rotatable bonds is 8. The zero-order chi connectivity index (χ0) is 16.1. The molecule has 0 radical (unpaired) electrons. The lowest BCUT2D eigenvalue weighted by Crippen LogP contribution is -2.44. The minimum Gasteiger partial charge on any atom is -0.389 e. The van der Waals surface area contributed by atoms with Crippen LogP contribution in [0.4, 0.5) is 0 Å². The Bertz CT molecular complexity index is 408. The molecular formula is C15H31NO4S. The van der Waals surface area contributed by atoms with Crippen molar-refractivity contribution in [2.24, 2.45) is 5.92 Å². The summed E-state index contributed by atoms with van der Waals surface area (Å²) in [6.07, 6.45) is 5.51. The number of aliphatic hydroxyl groups excluding tert-OH is 1. The summed E-state index contributed by atoms with van der Waals surface area (Å²) in [4.78, 5) is 0. The van der Waals surface area contributed by atoms with Crippen LogP contribution in [0.5, 0.6) is 0 Å². The van der Waals surface area contributed by atoms with Crippen LogP contribution in [-0.4, -0.2) is 56.4 Å². The van der Waals surface area contributed by atoms with Crippen molar-refractivity contribution in [1.29, 1.82) is 0 Å². The van der Waals surface area contributed by atoms with E-state index in [0.29, 0.717) is 25.6 Å². The molecule has 3 unspecified atom stereocenters. The molecule has 0 spiro atoms. The highest BCUT2D eigenvalue weighted by molar-refractivity contribution is 7.92. The Morgan fingerprint density at radius 3 is 2.62 bits per heavy atom. The first-order valence-electron chi connectivity index (χ1n) is 7.82. The standard InChI is InChI=1S/C15H31NO4S/c1-12-6-5-7-14(8-12)20-10-13(17)9-16-11-15(2,3)21(4,18)19/h12-14,16-17H,5-11H2,1-4H3. The Labute approximate surface area is 129 Å². The van der Waals surface area contributed by atoms with E-state index in [0.717, 1.165) is 12.8 Å². The molecule has 3 atom stereocenters. The fourth-order valence-electron chi connectivity index (χ4n) is 2.51. The number of hydrogen-bond acceptors (Lipinski definition) is 5. The van der Waals surface area contributed by atoms with E-state index in [1.807, 2.05) is 0 Å². The summed E-state index contributed by atoms with van der Waals surface area (Å²) in [6, 6.07) is 0. The molecule has 5 nitrogen and oxygen atoms in total. The van der Waals surface area contributed by atoms with Crippen molar-refractivity contribution in [3.63, 3.8) is 0 Å². The van der Waals surface area contributed by atoms with Crippen LogP contribution in [0.15, 0.2) is 0 Å². The van der Waals surface area contributed by atoms with Gasteiger partial charge in [-0.2, -0.15) is 0 Å². The van der Waals surface area contributed by atoms with Gasteiger partial charge in [0.1, 0.15) is 0 Å². The van der Waals surface area contributed by atoms with E-state index in [1.165, 1.54) is 19.1 Å². The number of sulfone groups is 1. The fourth-order valence-corrected chi connectivity index (χ4v) is 2.87. The second-order valence-corrected chi connectivity index (χ2v) is 9.69. The van der Waals surface area contributed by atoms with Crippen LogP contribution in [0.25, 0.3) is 0 Å². The molecule has 1 saturated carbocycles. The van der Waals surface area contributed by atoms with Crippen molar-refractivity contribution < 1.29 is 18.3 Å². The van der Waals surface area contributed by atoms with Crippen molar-refractivity contribution in [1.82, 2.24) is 5.32 Å². The van der Waals surface area contributed by atoms with Gasteiger partial charge in [-0.1, -0.05) is 19.8 Å². The molecule has 21 heavy (non-hydrogen) atoms. The monoisotopic (exact) mass is 321 g/mol. The lowest BCUT2D eigenvalue weighted by molar-refractivity contribution is -0.0306. The van der Waals surface area contributed by atoms with Crippen LogP contribution in [0, 0.1) is 5.92 Å². The Kier molecular flexibility index (Phi) is 7.10. The Balaban J connectivity index is 2.21. The van der Waals surface area contributed by atoms with Crippen LogP contribution in [0.3, 0.4) is 0 Å². The van der Waals surface area contributed by atoms with Gasteiger partial charge < -0.3 is 15.2 Å². The second kappa shape index (κ2) is 7.90. The predicted molar refractivity (Wildman–Crippen MR) is 85.2 cm³/mol. The topological polar surface area (TPSA) is 75.6 Å². The molecule has 0 aromatic carbocycles. The third kappa shape index (κ3) is 6.63. The highest BCUT2D eigenvalue weighted by Crippen LogP contribution is 2.25. The molecule has 0 bridgehead atoms. The molecule has 0 heterocycles. The van der Waals surface area contributed by atoms with Gasteiger partial charge in [-0.15, -0.1) is 0 Å². The molecule has 0 aromatic heterocycles. The molecule has 0 amide bonds. The molecule has 2 N–H and O–H groups in total. The first kappa shape index (κ1) is 18.9. The average Bonchev–Trinajstić information content (AvgIpc) is 2.35. The molecule has 126 valence electrons. The van der Waals surface area contributed by atoms with Gasteiger partial charge in [-0.05, 0) is 32.6 Å². The van der Waals surface area contributed by atoms with Gasteiger partial charge in [0.25, 0.3) is 0 Å². The Morgan fingerprint density at radius 2 is 2.05 bits per heavy atom. The van der Waals surface area contributed by atoms with Crippen molar-refractivity contribution in [2.45, 2.75) is 63.4 Å². The highest BCUT2D eigenvalue weighted by atomic mass is 32.2. The predicted octanol–water partition coefficient (Wildman–Crippen LogP) is 1.36. The fraction of sp³-hybridized carbons (Fsp3) is 1.00. The SMILES string of the molecule is CC1CCCC(OCC(O)CNCC(C)(C)S(C)(=O)=O)C1. The summed E-state index contributed by atoms with van der Waals surface area (Å²) in [6.45, 7) is 6.58. The first-order chi connectivity index (χ1) is 9.62. The van der Waals surface area contributed by atoms with Crippen molar-refractivity contribution >= 4 is 9.84 Å². The lowest BCUT2D eigenvalue weighted by atomic mass is 9.89. The Hall–Kier alpha value is -0.170.